The summed E-state index contributed by atoms with van der Waals surface area (Å²) >= 11 is 0. The third-order valence-electron chi connectivity index (χ3n) is 5.61. The highest BCUT2D eigenvalue weighted by atomic mass is 31.2. The molecule has 0 heterocycles. The van der Waals surface area contributed by atoms with E-state index in [2.05, 4.69) is 37.9 Å². The van der Waals surface area contributed by atoms with Crippen LogP contribution in [-0.4, -0.2) is 45.3 Å². The Morgan fingerprint density at radius 2 is 1.00 bits per heavy atom. The Balaban J connectivity index is 4.01. The predicted molar refractivity (Wildman–Crippen MR) is 136 cm³/mol. The number of nitrogens with one attached hydrogen (secondary N) is 1. The molecule has 0 aliphatic rings. The smallest absolute Gasteiger partial charge is 0.309 e. The van der Waals surface area contributed by atoms with Gasteiger partial charge in [0.15, 0.2) is 0 Å². The average molecular weight is 463 g/mol. The molecule has 0 aromatic carbocycles. The number of hydrogen-bond donors (Lipinski definition) is 1. The highest BCUT2D eigenvalue weighted by molar-refractivity contribution is 7.51. The van der Waals surface area contributed by atoms with Crippen LogP contribution in [0.3, 0.4) is 0 Å². The molecule has 0 radical (unpaired) electrons. The van der Waals surface area contributed by atoms with Gasteiger partial charge in [0.2, 0.25) is 0 Å². The molecular formula is C25H55N2O3P. The first kappa shape index (κ1) is 31.1. The Morgan fingerprint density at radius 3 is 1.39 bits per heavy atom. The molecule has 0 rings (SSSR count). The van der Waals surface area contributed by atoms with Gasteiger partial charge in [-0.3, -0.25) is 9.05 Å². The summed E-state index contributed by atoms with van der Waals surface area (Å²) in [5.74, 6) is 0. The molecule has 0 bridgehead atoms. The van der Waals surface area contributed by atoms with E-state index in [1.54, 1.807) is 0 Å². The maximum absolute atomic E-state index is 13.1. The Morgan fingerprint density at radius 1 is 0.613 bits per heavy atom. The molecule has 1 N–H and O–H groups in total. The average Bonchev–Trinajstić information content (AvgIpc) is 2.74. The molecule has 0 aromatic heterocycles. The number of nitrogens with zero attached hydrogens (tertiary/aromatic N) is 1. The molecule has 0 aromatic rings. The molecule has 0 amide bonds. The second-order valence-electron chi connectivity index (χ2n) is 9.18. The molecule has 0 fully saturated rings. The quantitative estimate of drug-likeness (QED) is 0.110. The van der Waals surface area contributed by atoms with Crippen molar-refractivity contribution in [2.75, 3.05) is 40.4 Å². The van der Waals surface area contributed by atoms with Crippen LogP contribution in [0.1, 0.15) is 123 Å². The van der Waals surface area contributed by atoms with E-state index in [0.29, 0.717) is 19.8 Å². The summed E-state index contributed by atoms with van der Waals surface area (Å²) in [6.45, 7) is 7.16. The predicted octanol–water partition coefficient (Wildman–Crippen LogP) is 7.95. The van der Waals surface area contributed by atoms with E-state index in [1.165, 1.54) is 77.0 Å². The summed E-state index contributed by atoms with van der Waals surface area (Å²) in [7, 11) is 0.917. The van der Waals surface area contributed by atoms with Gasteiger partial charge in [-0.1, -0.05) is 104 Å². The molecule has 0 aliphatic carbocycles. The van der Waals surface area contributed by atoms with Crippen molar-refractivity contribution < 1.29 is 13.6 Å². The van der Waals surface area contributed by atoms with Gasteiger partial charge in [0.1, 0.15) is 0 Å². The molecule has 0 unspecified atom stereocenters. The molecule has 6 heteroatoms. The minimum atomic E-state index is -3.19. The van der Waals surface area contributed by atoms with E-state index in [0.717, 1.165) is 38.6 Å². The Kier molecular flexibility index (Phi) is 23.3. The van der Waals surface area contributed by atoms with Crippen molar-refractivity contribution in [1.82, 2.24) is 9.99 Å². The van der Waals surface area contributed by atoms with E-state index in [-0.39, 0.29) is 0 Å². The van der Waals surface area contributed by atoms with Crippen molar-refractivity contribution in [3.8, 4) is 0 Å². The lowest BCUT2D eigenvalue weighted by Crippen LogP contribution is -2.21. The van der Waals surface area contributed by atoms with Crippen molar-refractivity contribution in [2.24, 2.45) is 0 Å². The second kappa shape index (κ2) is 23.2. The molecule has 31 heavy (non-hydrogen) atoms. The summed E-state index contributed by atoms with van der Waals surface area (Å²) in [6, 6.07) is 0. The molecule has 0 saturated heterocycles. The van der Waals surface area contributed by atoms with Crippen molar-refractivity contribution >= 4 is 7.75 Å². The van der Waals surface area contributed by atoms with Gasteiger partial charge in [-0.25, -0.2) is 9.65 Å². The van der Waals surface area contributed by atoms with Crippen LogP contribution in [0.2, 0.25) is 0 Å². The summed E-state index contributed by atoms with van der Waals surface area (Å²) < 4.78 is 24.6. The van der Waals surface area contributed by atoms with E-state index in [1.807, 2.05) is 0 Å². The van der Waals surface area contributed by atoms with Gasteiger partial charge in [-0.05, 0) is 39.9 Å². The van der Waals surface area contributed by atoms with Crippen LogP contribution in [0.5, 0.6) is 0 Å². The maximum atomic E-state index is 13.1. The van der Waals surface area contributed by atoms with Crippen molar-refractivity contribution in [1.29, 1.82) is 0 Å². The van der Waals surface area contributed by atoms with Crippen LogP contribution < -0.4 is 5.09 Å². The first-order valence-corrected chi connectivity index (χ1v) is 14.9. The third-order valence-corrected chi connectivity index (χ3v) is 7.26. The van der Waals surface area contributed by atoms with E-state index in [9.17, 15) is 4.57 Å². The fraction of sp³-hybridized carbons (Fsp3) is 1.00. The van der Waals surface area contributed by atoms with E-state index < -0.39 is 7.75 Å². The normalized spacial score (nSPS) is 12.2. The minimum absolute atomic E-state index is 0.518. The first-order chi connectivity index (χ1) is 15.0. The molecule has 0 atom stereocenters. The van der Waals surface area contributed by atoms with Crippen LogP contribution in [-0.2, 0) is 13.6 Å². The van der Waals surface area contributed by atoms with Gasteiger partial charge in [0.05, 0.1) is 13.2 Å². The molecule has 0 spiro atoms. The monoisotopic (exact) mass is 462 g/mol. The topological polar surface area (TPSA) is 50.8 Å². The van der Waals surface area contributed by atoms with Gasteiger partial charge in [-0.15, -0.1) is 0 Å². The molecule has 5 nitrogen and oxygen atoms in total. The molecule has 188 valence electrons. The highest BCUT2D eigenvalue weighted by Gasteiger charge is 2.23. The zero-order chi connectivity index (χ0) is 23.0. The minimum Gasteiger partial charge on any atom is -0.309 e. The maximum Gasteiger partial charge on any atom is 0.405 e. The summed E-state index contributed by atoms with van der Waals surface area (Å²) in [6.07, 6.45) is 20.9. The van der Waals surface area contributed by atoms with Gasteiger partial charge in [0, 0.05) is 6.54 Å². The number of hydrogen-bond acceptors (Lipinski definition) is 4. The van der Waals surface area contributed by atoms with Crippen molar-refractivity contribution in [3.05, 3.63) is 0 Å². The highest BCUT2D eigenvalue weighted by Crippen LogP contribution is 2.44. The standard InChI is InChI=1S/C25H55N2O3P/c1-5-7-9-11-13-15-17-19-24-29-31(28,26-22-21-23-27(3)4)30-25-20-18-16-14-12-10-8-6-2/h5-25H2,1-4H3,(H,26,28). The summed E-state index contributed by atoms with van der Waals surface area (Å²) in [4.78, 5) is 2.13. The lowest BCUT2D eigenvalue weighted by Gasteiger charge is -2.20. The Bertz CT molecular complexity index is 382. The van der Waals surface area contributed by atoms with E-state index >= 15 is 0 Å². The Hall–Kier alpha value is 0.0700. The second-order valence-corrected chi connectivity index (χ2v) is 11.0. The van der Waals surface area contributed by atoms with E-state index in [4.69, 9.17) is 9.05 Å². The fourth-order valence-electron chi connectivity index (χ4n) is 3.58. The van der Waals surface area contributed by atoms with Crippen LogP contribution in [0, 0.1) is 0 Å². The van der Waals surface area contributed by atoms with Gasteiger partial charge in [0.25, 0.3) is 0 Å². The lowest BCUT2D eigenvalue weighted by atomic mass is 10.1. The van der Waals surface area contributed by atoms with Crippen LogP contribution >= 0.6 is 7.75 Å². The SMILES string of the molecule is CCCCCCCCCCOP(=O)(NCCCN(C)C)OCCCCCCCCCC. The van der Waals surface area contributed by atoms with Crippen LogP contribution in [0.15, 0.2) is 0 Å². The van der Waals surface area contributed by atoms with Crippen LogP contribution in [0.25, 0.3) is 0 Å². The van der Waals surface area contributed by atoms with Crippen molar-refractivity contribution in [2.45, 2.75) is 123 Å². The number of rotatable bonds is 25. The largest absolute Gasteiger partial charge is 0.405 e. The van der Waals surface area contributed by atoms with Gasteiger partial charge < -0.3 is 4.90 Å². The zero-order valence-corrected chi connectivity index (χ0v) is 22.4. The van der Waals surface area contributed by atoms with Gasteiger partial charge in [-0.2, -0.15) is 0 Å². The summed E-state index contributed by atoms with van der Waals surface area (Å²) in [5, 5.41) is 3.09. The zero-order valence-electron chi connectivity index (χ0n) is 21.5. The molecule has 0 saturated carbocycles. The number of unbranched alkanes of at least 4 members (excludes halogenated alkanes) is 14. The molecular weight excluding hydrogens is 407 g/mol. The fourth-order valence-corrected chi connectivity index (χ4v) is 5.01. The van der Waals surface area contributed by atoms with Crippen LogP contribution in [0.4, 0.5) is 0 Å². The first-order valence-electron chi connectivity index (χ1n) is 13.3. The molecule has 0 aliphatic heterocycles. The third kappa shape index (κ3) is 23.0. The lowest BCUT2D eigenvalue weighted by molar-refractivity contribution is 0.189. The van der Waals surface area contributed by atoms with Gasteiger partial charge >= 0.3 is 7.75 Å². The summed E-state index contributed by atoms with van der Waals surface area (Å²) in [5.41, 5.74) is 0. The Labute approximate surface area is 195 Å². The van der Waals surface area contributed by atoms with Crippen molar-refractivity contribution in [3.63, 3.8) is 0 Å².